The lowest BCUT2D eigenvalue weighted by molar-refractivity contribution is -0.143. The van der Waals surface area contributed by atoms with Crippen LogP contribution in [0.4, 0.5) is 5.69 Å². The molecule has 0 saturated carbocycles. The van der Waals surface area contributed by atoms with Gasteiger partial charge in [0.1, 0.15) is 12.3 Å². The molecule has 0 unspecified atom stereocenters. The van der Waals surface area contributed by atoms with Gasteiger partial charge in [-0.25, -0.2) is 4.79 Å². The molecule has 0 aliphatic carbocycles. The Balaban J connectivity index is 1.43. The van der Waals surface area contributed by atoms with E-state index in [9.17, 15) is 29.1 Å². The Kier molecular flexibility index (Phi) is 8.15. The number of carbonyl (C=O) groups excluding carboxylic acids is 3. The summed E-state index contributed by atoms with van der Waals surface area (Å²) in [6.07, 6.45) is 1.31. The van der Waals surface area contributed by atoms with Gasteiger partial charge in [-0.3, -0.25) is 19.2 Å². The van der Waals surface area contributed by atoms with Gasteiger partial charge in [-0.1, -0.05) is 18.2 Å². The predicted molar refractivity (Wildman–Crippen MR) is 138 cm³/mol. The molecule has 2 aliphatic rings. The monoisotopic (exact) mass is 538 g/mol. The van der Waals surface area contributed by atoms with Gasteiger partial charge in [-0.2, -0.15) is 0 Å². The van der Waals surface area contributed by atoms with Gasteiger partial charge in [-0.05, 0) is 61.8 Å². The molecule has 4 rings (SSSR count). The summed E-state index contributed by atoms with van der Waals surface area (Å²) in [5.74, 6) is -2.93. The zero-order valence-electron chi connectivity index (χ0n) is 21.4. The first-order valence-corrected chi connectivity index (χ1v) is 12.5. The molecule has 0 bridgehead atoms. The summed E-state index contributed by atoms with van der Waals surface area (Å²) in [6.45, 7) is 0.244. The molecular formula is C27H30N4O8. The Labute approximate surface area is 224 Å². The van der Waals surface area contributed by atoms with Crippen LogP contribution in [-0.2, 0) is 19.2 Å². The van der Waals surface area contributed by atoms with Crippen molar-refractivity contribution in [3.63, 3.8) is 0 Å². The Hall–Kier alpha value is -4.45. The lowest BCUT2D eigenvalue weighted by Gasteiger charge is -2.58. The Morgan fingerprint density at radius 2 is 1.79 bits per heavy atom. The number of piperidine rings is 1. The number of anilines is 1. The third kappa shape index (κ3) is 5.85. The second kappa shape index (κ2) is 11.5. The SMILES string of the molecule is CN(CC(=O)O)C(=O)CNC(=O)COc1ccc([C@H]2N(c3cccc(C(=O)O)c3)C(=O)C23CCNCC3)cc1. The summed E-state index contributed by atoms with van der Waals surface area (Å²) in [5.41, 5.74) is 0.894. The Bertz CT molecular complexity index is 1270. The van der Waals surface area contributed by atoms with Crippen molar-refractivity contribution in [3.05, 3.63) is 59.7 Å². The van der Waals surface area contributed by atoms with Gasteiger partial charge in [0.15, 0.2) is 6.61 Å². The van der Waals surface area contributed by atoms with Crippen molar-refractivity contribution in [2.24, 2.45) is 5.41 Å². The summed E-state index contributed by atoms with van der Waals surface area (Å²) >= 11 is 0. The predicted octanol–water partition coefficient (Wildman–Crippen LogP) is 0.881. The highest BCUT2D eigenvalue weighted by Crippen LogP contribution is 2.56. The summed E-state index contributed by atoms with van der Waals surface area (Å²) in [4.78, 5) is 62.3. The molecule has 2 aliphatic heterocycles. The number of nitrogens with zero attached hydrogens (tertiary/aromatic N) is 2. The fourth-order valence-corrected chi connectivity index (χ4v) is 5.08. The van der Waals surface area contributed by atoms with Crippen molar-refractivity contribution >= 4 is 35.3 Å². The Morgan fingerprint density at radius 1 is 1.10 bits per heavy atom. The van der Waals surface area contributed by atoms with Crippen molar-refractivity contribution in [2.45, 2.75) is 18.9 Å². The van der Waals surface area contributed by atoms with Gasteiger partial charge >= 0.3 is 11.9 Å². The normalized spacial score (nSPS) is 17.7. The molecule has 2 aromatic rings. The molecule has 12 nitrogen and oxygen atoms in total. The minimum Gasteiger partial charge on any atom is -0.484 e. The number of nitrogens with one attached hydrogen (secondary N) is 2. The lowest BCUT2D eigenvalue weighted by atomic mass is 9.62. The summed E-state index contributed by atoms with van der Waals surface area (Å²) in [7, 11) is 1.33. The van der Waals surface area contributed by atoms with E-state index < -0.39 is 35.7 Å². The zero-order chi connectivity index (χ0) is 28.2. The fourth-order valence-electron chi connectivity index (χ4n) is 5.08. The summed E-state index contributed by atoms with van der Waals surface area (Å²) < 4.78 is 5.54. The van der Waals surface area contributed by atoms with E-state index in [1.165, 1.54) is 19.2 Å². The number of ether oxygens (including phenoxy) is 1. The van der Waals surface area contributed by atoms with Crippen LogP contribution >= 0.6 is 0 Å². The highest BCUT2D eigenvalue weighted by Gasteiger charge is 2.61. The standard InChI is InChI=1S/C27H30N4O8/c1-30(15-23(34)35)22(33)14-29-21(32)16-39-20-7-5-17(6-8-20)24-27(9-11-28-12-10-27)26(38)31(24)19-4-2-3-18(13-19)25(36)37/h2-8,13,24,28H,9-12,14-16H2,1H3,(H,29,32)(H,34,35)(H,36,37)/t24-/m1/s1. The topological polar surface area (TPSA) is 166 Å². The summed E-state index contributed by atoms with van der Waals surface area (Å²) in [6, 6.07) is 13.1. The molecule has 206 valence electrons. The molecule has 2 heterocycles. The van der Waals surface area contributed by atoms with E-state index in [4.69, 9.17) is 9.84 Å². The number of amides is 3. The van der Waals surface area contributed by atoms with Crippen LogP contribution in [0.3, 0.4) is 0 Å². The van der Waals surface area contributed by atoms with Gasteiger partial charge in [0.2, 0.25) is 11.8 Å². The van der Waals surface area contributed by atoms with Gasteiger partial charge in [0.25, 0.3) is 5.91 Å². The fraction of sp³-hybridized carbons (Fsp3) is 0.370. The van der Waals surface area contributed by atoms with Crippen LogP contribution in [0.25, 0.3) is 0 Å². The average molecular weight is 539 g/mol. The largest absolute Gasteiger partial charge is 0.484 e. The van der Waals surface area contributed by atoms with Gasteiger partial charge in [0.05, 0.1) is 23.6 Å². The third-order valence-corrected chi connectivity index (χ3v) is 7.09. The van der Waals surface area contributed by atoms with Crippen molar-refractivity contribution in [2.75, 3.05) is 44.7 Å². The van der Waals surface area contributed by atoms with Crippen LogP contribution in [0.1, 0.15) is 34.8 Å². The smallest absolute Gasteiger partial charge is 0.335 e. The van der Waals surface area contributed by atoms with Crippen molar-refractivity contribution in [1.29, 1.82) is 0 Å². The maximum Gasteiger partial charge on any atom is 0.335 e. The minimum absolute atomic E-state index is 0.0305. The molecule has 0 aromatic heterocycles. The number of hydrogen-bond acceptors (Lipinski definition) is 7. The number of carboxylic acid groups (broad SMARTS) is 2. The van der Waals surface area contributed by atoms with Crippen LogP contribution in [0, 0.1) is 5.41 Å². The van der Waals surface area contributed by atoms with Gasteiger partial charge in [0, 0.05) is 12.7 Å². The molecule has 2 aromatic carbocycles. The van der Waals surface area contributed by atoms with Gasteiger partial charge < -0.3 is 35.4 Å². The molecule has 1 atom stereocenters. The minimum atomic E-state index is -1.15. The second-order valence-corrected chi connectivity index (χ2v) is 9.62. The van der Waals surface area contributed by atoms with Gasteiger partial charge in [-0.15, -0.1) is 0 Å². The number of rotatable bonds is 10. The summed E-state index contributed by atoms with van der Waals surface area (Å²) in [5, 5.41) is 23.8. The maximum atomic E-state index is 13.5. The quantitative estimate of drug-likeness (QED) is 0.321. The molecule has 3 amide bonds. The van der Waals surface area contributed by atoms with E-state index in [-0.39, 0.29) is 30.7 Å². The van der Waals surface area contributed by atoms with E-state index in [1.54, 1.807) is 29.2 Å². The van der Waals surface area contributed by atoms with Crippen molar-refractivity contribution < 1.29 is 38.9 Å². The number of carboxylic acids is 2. The molecular weight excluding hydrogens is 508 g/mol. The maximum absolute atomic E-state index is 13.5. The molecule has 2 saturated heterocycles. The first kappa shape index (κ1) is 27.6. The van der Waals surface area contributed by atoms with E-state index in [0.717, 1.165) is 10.5 Å². The number of carbonyl (C=O) groups is 5. The molecule has 39 heavy (non-hydrogen) atoms. The Morgan fingerprint density at radius 3 is 2.44 bits per heavy atom. The van der Waals surface area contributed by atoms with Crippen molar-refractivity contribution in [1.82, 2.24) is 15.5 Å². The highest BCUT2D eigenvalue weighted by molar-refractivity contribution is 6.07. The number of aliphatic carboxylic acids is 1. The number of likely N-dealkylation sites (N-methyl/N-ethyl adjacent to an activating group) is 1. The van der Waals surface area contributed by atoms with Crippen LogP contribution in [0.2, 0.25) is 0 Å². The first-order chi connectivity index (χ1) is 18.6. The van der Waals surface area contributed by atoms with Crippen molar-refractivity contribution in [3.8, 4) is 5.75 Å². The molecule has 4 N–H and O–H groups in total. The molecule has 0 radical (unpaired) electrons. The number of aromatic carboxylic acids is 1. The van der Waals surface area contributed by atoms with Crippen LogP contribution in [0.15, 0.2) is 48.5 Å². The third-order valence-electron chi connectivity index (χ3n) is 7.09. The molecule has 2 fully saturated rings. The highest BCUT2D eigenvalue weighted by atomic mass is 16.5. The average Bonchev–Trinajstić information content (AvgIpc) is 2.93. The van der Waals surface area contributed by atoms with E-state index in [2.05, 4.69) is 10.6 Å². The number of benzene rings is 2. The molecule has 12 heteroatoms. The van der Waals surface area contributed by atoms with Crippen LogP contribution in [0.5, 0.6) is 5.75 Å². The van der Waals surface area contributed by atoms with E-state index in [1.807, 2.05) is 12.1 Å². The van der Waals surface area contributed by atoms with E-state index >= 15 is 0 Å². The second-order valence-electron chi connectivity index (χ2n) is 9.62. The first-order valence-electron chi connectivity index (χ1n) is 12.5. The zero-order valence-corrected chi connectivity index (χ0v) is 21.4. The van der Waals surface area contributed by atoms with Crippen LogP contribution < -0.4 is 20.3 Å². The number of hydrogen-bond donors (Lipinski definition) is 4. The lowest BCUT2D eigenvalue weighted by Crippen LogP contribution is -2.66. The van der Waals surface area contributed by atoms with E-state index in [0.29, 0.717) is 37.4 Å². The number of β-lactam (4-membered cyclic amide) rings is 1. The molecule has 1 spiro atoms. The van der Waals surface area contributed by atoms with Crippen LogP contribution in [-0.4, -0.2) is 84.6 Å².